The summed E-state index contributed by atoms with van der Waals surface area (Å²) in [6, 6.07) is 8.58. The Morgan fingerprint density at radius 1 is 1.28 bits per heavy atom. The molecule has 102 valence electrons. The topological polar surface area (TPSA) is 41.5 Å². The molecule has 18 heavy (non-hydrogen) atoms. The fourth-order valence-corrected chi connectivity index (χ4v) is 2.59. The van der Waals surface area contributed by atoms with E-state index in [1.807, 2.05) is 19.1 Å². The molecule has 2 N–H and O–H groups in total. The van der Waals surface area contributed by atoms with Crippen molar-refractivity contribution in [2.24, 2.45) is 0 Å². The molecule has 1 atom stereocenters. The van der Waals surface area contributed by atoms with Gasteiger partial charge in [-0.15, -0.1) is 0 Å². The minimum atomic E-state index is 0.243. The molecule has 0 aromatic heterocycles. The fourth-order valence-electron chi connectivity index (χ4n) is 1.75. The number of hydrogen-bond donors (Lipinski definition) is 2. The van der Waals surface area contributed by atoms with Crippen molar-refractivity contribution in [3.8, 4) is 5.75 Å². The average Bonchev–Trinajstić information content (AvgIpc) is 2.39. The molecule has 0 aliphatic carbocycles. The van der Waals surface area contributed by atoms with E-state index in [-0.39, 0.29) is 6.61 Å². The normalized spacial score (nSPS) is 12.4. The molecule has 1 unspecified atom stereocenters. The number of ether oxygens (including phenoxy) is 1. The molecule has 1 aromatic rings. The molecular weight excluding hydrogens is 246 g/mol. The van der Waals surface area contributed by atoms with E-state index in [9.17, 15) is 0 Å². The molecular formula is C14H23NO2S. The zero-order valence-electron chi connectivity index (χ0n) is 11.2. The van der Waals surface area contributed by atoms with E-state index in [0.717, 1.165) is 23.8 Å². The summed E-state index contributed by atoms with van der Waals surface area (Å²) in [6.07, 6.45) is 0. The average molecular weight is 269 g/mol. The minimum Gasteiger partial charge on any atom is -0.494 e. The van der Waals surface area contributed by atoms with Crippen molar-refractivity contribution < 1.29 is 9.84 Å². The molecule has 1 rings (SSSR count). The Kier molecular flexibility index (Phi) is 7.89. The van der Waals surface area contributed by atoms with Crippen molar-refractivity contribution in [1.82, 2.24) is 5.32 Å². The van der Waals surface area contributed by atoms with Crippen molar-refractivity contribution in [2.75, 3.05) is 31.3 Å². The van der Waals surface area contributed by atoms with E-state index in [2.05, 4.69) is 24.4 Å². The number of hydrogen-bond acceptors (Lipinski definition) is 4. The second-order valence-electron chi connectivity index (χ2n) is 3.91. The number of thioether (sulfide) groups is 1. The van der Waals surface area contributed by atoms with Crippen LogP contribution in [0.15, 0.2) is 24.3 Å². The molecule has 0 bridgehead atoms. The monoisotopic (exact) mass is 269 g/mol. The highest BCUT2D eigenvalue weighted by atomic mass is 32.2. The van der Waals surface area contributed by atoms with Gasteiger partial charge in [-0.2, -0.15) is 11.8 Å². The number of rotatable bonds is 9. The van der Waals surface area contributed by atoms with Gasteiger partial charge in [0.1, 0.15) is 5.75 Å². The van der Waals surface area contributed by atoms with Gasteiger partial charge in [0.25, 0.3) is 0 Å². The Bertz CT molecular complexity index is 316. The van der Waals surface area contributed by atoms with E-state index >= 15 is 0 Å². The molecule has 0 saturated heterocycles. The van der Waals surface area contributed by atoms with Crippen LogP contribution in [0, 0.1) is 0 Å². The van der Waals surface area contributed by atoms with Crippen molar-refractivity contribution in [1.29, 1.82) is 0 Å². The molecule has 4 heteroatoms. The number of nitrogens with one attached hydrogen (secondary N) is 1. The Balaban J connectivity index is 2.60. The maximum atomic E-state index is 8.82. The van der Waals surface area contributed by atoms with Gasteiger partial charge in [-0.25, -0.2) is 0 Å². The molecule has 0 aliphatic heterocycles. The van der Waals surface area contributed by atoms with Gasteiger partial charge in [0.05, 0.1) is 13.2 Å². The first kappa shape index (κ1) is 15.3. The van der Waals surface area contributed by atoms with Crippen LogP contribution in [0.25, 0.3) is 0 Å². The molecule has 1 aromatic carbocycles. The predicted octanol–water partition coefficient (Wildman–Crippen LogP) is 2.46. The summed E-state index contributed by atoms with van der Waals surface area (Å²) < 4.78 is 5.44. The van der Waals surface area contributed by atoms with E-state index in [0.29, 0.717) is 12.6 Å². The molecule has 0 radical (unpaired) electrons. The van der Waals surface area contributed by atoms with Gasteiger partial charge < -0.3 is 15.2 Å². The number of benzene rings is 1. The summed E-state index contributed by atoms with van der Waals surface area (Å²) in [5.74, 6) is 2.68. The SMILES string of the molecule is CCNC(CSCCO)c1ccc(OCC)cc1. The number of aliphatic hydroxyl groups is 1. The largest absolute Gasteiger partial charge is 0.494 e. The molecule has 0 heterocycles. The summed E-state index contributed by atoms with van der Waals surface area (Å²) in [6.45, 7) is 5.98. The summed E-state index contributed by atoms with van der Waals surface area (Å²) in [5, 5.41) is 12.3. The third-order valence-corrected chi connectivity index (χ3v) is 3.60. The Morgan fingerprint density at radius 2 is 2.00 bits per heavy atom. The first-order chi connectivity index (χ1) is 8.81. The molecule has 0 saturated carbocycles. The second-order valence-corrected chi connectivity index (χ2v) is 5.06. The minimum absolute atomic E-state index is 0.243. The lowest BCUT2D eigenvalue weighted by Gasteiger charge is -2.18. The zero-order chi connectivity index (χ0) is 13.2. The van der Waals surface area contributed by atoms with Crippen LogP contribution < -0.4 is 10.1 Å². The van der Waals surface area contributed by atoms with Crippen LogP contribution >= 0.6 is 11.8 Å². The molecule has 0 amide bonds. The standard InChI is InChI=1S/C14H23NO2S/c1-3-15-14(11-18-10-9-16)12-5-7-13(8-6-12)17-4-2/h5-8,14-16H,3-4,9-11H2,1-2H3. The quantitative estimate of drug-likeness (QED) is 0.676. The van der Waals surface area contributed by atoms with Crippen molar-refractivity contribution in [3.05, 3.63) is 29.8 Å². The van der Waals surface area contributed by atoms with Crippen LogP contribution in [0.4, 0.5) is 0 Å². The molecule has 3 nitrogen and oxygen atoms in total. The van der Waals surface area contributed by atoms with Gasteiger partial charge in [-0.05, 0) is 31.2 Å². The third-order valence-electron chi connectivity index (χ3n) is 2.56. The predicted molar refractivity (Wildman–Crippen MR) is 78.4 cm³/mol. The number of aliphatic hydroxyl groups excluding tert-OH is 1. The van der Waals surface area contributed by atoms with Gasteiger partial charge in [0, 0.05) is 17.5 Å². The molecule has 0 fully saturated rings. The maximum absolute atomic E-state index is 8.82. The Morgan fingerprint density at radius 3 is 2.56 bits per heavy atom. The van der Waals surface area contributed by atoms with E-state index in [1.54, 1.807) is 11.8 Å². The Hall–Kier alpha value is -0.710. The van der Waals surface area contributed by atoms with Crippen LogP contribution in [0.2, 0.25) is 0 Å². The van der Waals surface area contributed by atoms with Gasteiger partial charge in [0.15, 0.2) is 0 Å². The van der Waals surface area contributed by atoms with Crippen LogP contribution in [0.1, 0.15) is 25.5 Å². The van der Waals surface area contributed by atoms with Crippen LogP contribution in [0.3, 0.4) is 0 Å². The summed E-state index contributed by atoms with van der Waals surface area (Å²) >= 11 is 1.77. The summed E-state index contributed by atoms with van der Waals surface area (Å²) in [4.78, 5) is 0. The van der Waals surface area contributed by atoms with Crippen molar-refractivity contribution in [3.63, 3.8) is 0 Å². The zero-order valence-corrected chi connectivity index (χ0v) is 12.0. The summed E-state index contributed by atoms with van der Waals surface area (Å²) in [5.41, 5.74) is 1.27. The molecule has 0 spiro atoms. The first-order valence-electron chi connectivity index (χ1n) is 6.46. The lowest BCUT2D eigenvalue weighted by Crippen LogP contribution is -2.23. The van der Waals surface area contributed by atoms with Gasteiger partial charge in [-0.1, -0.05) is 19.1 Å². The fraction of sp³-hybridized carbons (Fsp3) is 0.571. The third kappa shape index (κ3) is 5.29. The highest BCUT2D eigenvalue weighted by Crippen LogP contribution is 2.21. The van der Waals surface area contributed by atoms with Crippen molar-refractivity contribution in [2.45, 2.75) is 19.9 Å². The second kappa shape index (κ2) is 9.25. The lowest BCUT2D eigenvalue weighted by molar-refractivity contribution is 0.322. The van der Waals surface area contributed by atoms with Crippen LogP contribution in [-0.4, -0.2) is 36.4 Å². The van der Waals surface area contributed by atoms with E-state index < -0.39 is 0 Å². The molecule has 0 aliphatic rings. The maximum Gasteiger partial charge on any atom is 0.119 e. The highest BCUT2D eigenvalue weighted by molar-refractivity contribution is 7.99. The van der Waals surface area contributed by atoms with Crippen LogP contribution in [-0.2, 0) is 0 Å². The van der Waals surface area contributed by atoms with Crippen LogP contribution in [0.5, 0.6) is 5.75 Å². The van der Waals surface area contributed by atoms with E-state index in [1.165, 1.54) is 5.56 Å². The smallest absolute Gasteiger partial charge is 0.119 e. The van der Waals surface area contributed by atoms with Gasteiger partial charge in [-0.3, -0.25) is 0 Å². The lowest BCUT2D eigenvalue weighted by atomic mass is 10.1. The van der Waals surface area contributed by atoms with Gasteiger partial charge in [0.2, 0.25) is 0 Å². The van der Waals surface area contributed by atoms with Crippen molar-refractivity contribution >= 4 is 11.8 Å². The Labute approximate surface area is 114 Å². The first-order valence-corrected chi connectivity index (χ1v) is 7.62. The van der Waals surface area contributed by atoms with E-state index in [4.69, 9.17) is 9.84 Å². The van der Waals surface area contributed by atoms with Gasteiger partial charge >= 0.3 is 0 Å². The summed E-state index contributed by atoms with van der Waals surface area (Å²) in [7, 11) is 0. The highest BCUT2D eigenvalue weighted by Gasteiger charge is 2.10.